The largest absolute Gasteiger partial charge is 0.452 e. The zero-order valence-electron chi connectivity index (χ0n) is 21.5. The van der Waals surface area contributed by atoms with Crippen molar-refractivity contribution in [2.45, 2.75) is 115 Å². The third-order valence-corrected chi connectivity index (χ3v) is 5.71. The van der Waals surface area contributed by atoms with Crippen LogP contribution in [0.1, 0.15) is 103 Å². The average Bonchev–Trinajstić information content (AvgIpc) is 3.39. The van der Waals surface area contributed by atoms with E-state index >= 15 is 0 Å². The Kier molecular flexibility index (Phi) is 17.5. The highest BCUT2D eigenvalue weighted by molar-refractivity contribution is 5.73. The third kappa shape index (κ3) is 16.7. The van der Waals surface area contributed by atoms with Gasteiger partial charge in [0.1, 0.15) is 12.2 Å². The van der Waals surface area contributed by atoms with Gasteiger partial charge in [0.05, 0.1) is 13.7 Å². The van der Waals surface area contributed by atoms with Gasteiger partial charge in [0.2, 0.25) is 0 Å². The maximum absolute atomic E-state index is 11.3. The quantitative estimate of drug-likeness (QED) is 0.173. The second-order valence-electron chi connectivity index (χ2n) is 8.69. The SMILES string of the molecule is CCCCCCCCOC(=O)N=NC(=O)OC1CCCC1.COC(=O)N=NC(=O)OC1CCCCC1. The van der Waals surface area contributed by atoms with E-state index in [1.165, 1.54) is 25.7 Å². The molecular formula is C24H40N4O8. The van der Waals surface area contributed by atoms with E-state index in [1.54, 1.807) is 0 Å². The van der Waals surface area contributed by atoms with Gasteiger partial charge in [-0.25, -0.2) is 19.2 Å². The summed E-state index contributed by atoms with van der Waals surface area (Å²) >= 11 is 0. The Labute approximate surface area is 212 Å². The van der Waals surface area contributed by atoms with E-state index in [-0.39, 0.29) is 12.2 Å². The van der Waals surface area contributed by atoms with E-state index in [2.05, 4.69) is 32.1 Å². The highest BCUT2D eigenvalue weighted by Crippen LogP contribution is 2.21. The minimum Gasteiger partial charge on any atom is -0.450 e. The molecule has 2 fully saturated rings. The fourth-order valence-electron chi connectivity index (χ4n) is 3.80. The highest BCUT2D eigenvalue weighted by atomic mass is 16.6. The zero-order chi connectivity index (χ0) is 26.4. The molecule has 204 valence electrons. The second kappa shape index (κ2) is 20.3. The number of methoxy groups -OCH3 is 1. The van der Waals surface area contributed by atoms with Crippen LogP contribution in [0.5, 0.6) is 0 Å². The molecule has 0 bridgehead atoms. The highest BCUT2D eigenvalue weighted by Gasteiger charge is 2.19. The second-order valence-corrected chi connectivity index (χ2v) is 8.69. The van der Waals surface area contributed by atoms with Gasteiger partial charge in [-0.05, 0) is 57.8 Å². The molecule has 0 aliphatic heterocycles. The van der Waals surface area contributed by atoms with E-state index in [0.717, 1.165) is 77.7 Å². The number of carbonyl (C=O) groups excluding carboxylic acids is 4. The molecule has 0 aromatic heterocycles. The summed E-state index contributed by atoms with van der Waals surface area (Å²) in [6.07, 6.45) is 12.0. The molecule has 2 saturated carbocycles. The molecule has 0 heterocycles. The van der Waals surface area contributed by atoms with Crippen LogP contribution in [0.2, 0.25) is 0 Å². The van der Waals surface area contributed by atoms with Crippen LogP contribution in [0, 0.1) is 0 Å². The molecule has 2 aliphatic carbocycles. The number of nitrogens with zero attached hydrogens (tertiary/aromatic N) is 4. The van der Waals surface area contributed by atoms with Crippen LogP contribution in [-0.4, -0.2) is 50.3 Å². The van der Waals surface area contributed by atoms with E-state index in [1.807, 2.05) is 0 Å². The van der Waals surface area contributed by atoms with Crippen LogP contribution < -0.4 is 0 Å². The lowest BCUT2D eigenvalue weighted by Crippen LogP contribution is -2.18. The van der Waals surface area contributed by atoms with Gasteiger partial charge < -0.3 is 18.9 Å². The zero-order valence-corrected chi connectivity index (χ0v) is 21.5. The van der Waals surface area contributed by atoms with Gasteiger partial charge in [0.15, 0.2) is 0 Å². The van der Waals surface area contributed by atoms with Crippen molar-refractivity contribution in [2.75, 3.05) is 13.7 Å². The molecule has 0 N–H and O–H groups in total. The molecule has 36 heavy (non-hydrogen) atoms. The Morgan fingerprint density at radius 1 is 0.611 bits per heavy atom. The van der Waals surface area contributed by atoms with Gasteiger partial charge in [0.25, 0.3) is 0 Å². The minimum atomic E-state index is -0.907. The summed E-state index contributed by atoms with van der Waals surface area (Å²) in [5.41, 5.74) is 0. The number of unbranched alkanes of at least 4 members (excludes halogenated alkanes) is 5. The molecule has 0 spiro atoms. The van der Waals surface area contributed by atoms with Crippen molar-refractivity contribution in [1.82, 2.24) is 0 Å². The first-order valence-electron chi connectivity index (χ1n) is 12.9. The number of azo groups is 2. The molecule has 4 amide bonds. The Hall–Kier alpha value is -2.92. The molecule has 12 heteroatoms. The van der Waals surface area contributed by atoms with Crippen LogP contribution in [0.3, 0.4) is 0 Å². The van der Waals surface area contributed by atoms with Gasteiger partial charge in [-0.2, -0.15) is 0 Å². The van der Waals surface area contributed by atoms with Crippen LogP contribution in [0.15, 0.2) is 20.5 Å². The van der Waals surface area contributed by atoms with E-state index in [0.29, 0.717) is 6.61 Å². The molecule has 0 aromatic rings. The number of amides is 4. The standard InChI is InChI=1S/C15H26N2O4.C9H14N2O4/c1-2-3-4-5-6-9-12-20-14(18)16-17-15(19)21-13-10-7-8-11-13;1-14-8(12)10-11-9(13)15-7-5-3-2-4-6-7/h13H,2-12H2,1H3;7H,2-6H2,1H3. The number of ether oxygens (including phenoxy) is 4. The normalized spacial score (nSPS) is 16.4. The molecule has 0 saturated heterocycles. The van der Waals surface area contributed by atoms with Crippen molar-refractivity contribution < 1.29 is 38.1 Å². The topological polar surface area (TPSA) is 155 Å². The number of hydrogen-bond donors (Lipinski definition) is 0. The monoisotopic (exact) mass is 512 g/mol. The average molecular weight is 513 g/mol. The summed E-state index contributed by atoms with van der Waals surface area (Å²) in [5.74, 6) is 0. The Balaban J connectivity index is 0.000000381. The van der Waals surface area contributed by atoms with Gasteiger partial charge in [-0.15, -0.1) is 0 Å². The molecule has 0 unspecified atom stereocenters. The summed E-state index contributed by atoms with van der Waals surface area (Å²) in [5, 5.41) is 12.5. The molecule has 0 atom stereocenters. The van der Waals surface area contributed by atoms with Gasteiger partial charge in [-0.1, -0.05) is 65.9 Å². The van der Waals surface area contributed by atoms with E-state index in [9.17, 15) is 19.2 Å². The summed E-state index contributed by atoms with van der Waals surface area (Å²) < 4.78 is 19.1. The summed E-state index contributed by atoms with van der Waals surface area (Å²) in [6, 6.07) is 0. The molecule has 2 aliphatic rings. The molecule has 0 aromatic carbocycles. The molecular weight excluding hydrogens is 472 g/mol. The predicted octanol–water partition coefficient (Wildman–Crippen LogP) is 7.69. The van der Waals surface area contributed by atoms with Crippen molar-refractivity contribution >= 4 is 24.4 Å². The first-order valence-corrected chi connectivity index (χ1v) is 12.9. The van der Waals surface area contributed by atoms with Crippen molar-refractivity contribution in [3.05, 3.63) is 0 Å². The Morgan fingerprint density at radius 2 is 1.06 bits per heavy atom. The number of rotatable bonds is 9. The first kappa shape index (κ1) is 31.1. The van der Waals surface area contributed by atoms with Gasteiger partial charge >= 0.3 is 24.4 Å². The Bertz CT molecular complexity index is 717. The lowest BCUT2D eigenvalue weighted by molar-refractivity contribution is 0.0815. The maximum Gasteiger partial charge on any atom is 0.452 e. The van der Waals surface area contributed by atoms with Crippen molar-refractivity contribution in [2.24, 2.45) is 20.5 Å². The minimum absolute atomic E-state index is 0.0735. The predicted molar refractivity (Wildman–Crippen MR) is 129 cm³/mol. The van der Waals surface area contributed by atoms with Crippen LogP contribution in [0.25, 0.3) is 0 Å². The molecule has 12 nitrogen and oxygen atoms in total. The Morgan fingerprint density at radius 3 is 1.58 bits per heavy atom. The fourth-order valence-corrected chi connectivity index (χ4v) is 3.80. The van der Waals surface area contributed by atoms with Crippen LogP contribution in [0.4, 0.5) is 19.2 Å². The summed E-state index contributed by atoms with van der Waals surface area (Å²) in [6.45, 7) is 2.49. The molecule has 0 radical (unpaired) electrons. The van der Waals surface area contributed by atoms with Crippen molar-refractivity contribution in [1.29, 1.82) is 0 Å². The smallest absolute Gasteiger partial charge is 0.450 e. The van der Waals surface area contributed by atoms with Gasteiger partial charge in [0, 0.05) is 0 Å². The van der Waals surface area contributed by atoms with Crippen LogP contribution >= 0.6 is 0 Å². The maximum atomic E-state index is 11.3. The van der Waals surface area contributed by atoms with Gasteiger partial charge in [-0.3, -0.25) is 0 Å². The number of hydrogen-bond acceptors (Lipinski definition) is 8. The summed E-state index contributed by atoms with van der Waals surface area (Å²) in [7, 11) is 1.16. The van der Waals surface area contributed by atoms with Crippen molar-refractivity contribution in [3.8, 4) is 0 Å². The third-order valence-electron chi connectivity index (χ3n) is 5.71. The van der Waals surface area contributed by atoms with E-state index < -0.39 is 24.4 Å². The lowest BCUT2D eigenvalue weighted by atomic mass is 9.98. The molecule has 2 rings (SSSR count). The fraction of sp³-hybridized carbons (Fsp3) is 0.833. The van der Waals surface area contributed by atoms with Crippen LogP contribution in [-0.2, 0) is 18.9 Å². The first-order chi connectivity index (χ1) is 17.4. The number of carbonyl (C=O) groups is 4. The lowest BCUT2D eigenvalue weighted by Gasteiger charge is -2.20. The van der Waals surface area contributed by atoms with E-state index in [4.69, 9.17) is 14.2 Å². The summed E-state index contributed by atoms with van der Waals surface area (Å²) in [4.78, 5) is 44.1. The van der Waals surface area contributed by atoms with Crippen molar-refractivity contribution in [3.63, 3.8) is 0 Å².